The normalized spacial score (nSPS) is 23.2. The lowest BCUT2D eigenvalue weighted by Gasteiger charge is -2.22. The highest BCUT2D eigenvalue weighted by molar-refractivity contribution is 4.87. The lowest BCUT2D eigenvalue weighted by Crippen LogP contribution is -2.08. The molecule has 11 heavy (non-hydrogen) atoms. The Hall–Kier alpha value is 0. The van der Waals surface area contributed by atoms with Gasteiger partial charge in [-0.25, -0.2) is 0 Å². The van der Waals surface area contributed by atoms with Gasteiger partial charge in [-0.1, -0.05) is 46.0 Å². The van der Waals surface area contributed by atoms with Crippen LogP contribution in [-0.2, 0) is 0 Å². The molecule has 0 spiro atoms. The fourth-order valence-corrected chi connectivity index (χ4v) is 2.03. The van der Waals surface area contributed by atoms with Crippen LogP contribution in [0.15, 0.2) is 0 Å². The van der Waals surface area contributed by atoms with Crippen LogP contribution >= 0.6 is 0 Å². The average molecular weight is 153 g/mol. The van der Waals surface area contributed by atoms with Gasteiger partial charge < -0.3 is 0 Å². The Morgan fingerprint density at radius 3 is 1.73 bits per heavy atom. The molecule has 0 bridgehead atoms. The monoisotopic (exact) mass is 153 g/mol. The topological polar surface area (TPSA) is 0 Å². The second-order valence-electron chi connectivity index (χ2n) is 4.12. The van der Waals surface area contributed by atoms with E-state index in [2.05, 4.69) is 13.8 Å². The molecule has 1 rings (SSSR count). The van der Waals surface area contributed by atoms with E-state index < -0.39 is 0 Å². The third-order valence-corrected chi connectivity index (χ3v) is 2.92. The van der Waals surface area contributed by atoms with Gasteiger partial charge in [0.25, 0.3) is 0 Å². The minimum absolute atomic E-state index is 0.954. The first kappa shape index (κ1) is 9.09. The number of hydrogen-bond acceptors (Lipinski definition) is 0. The van der Waals surface area contributed by atoms with Crippen LogP contribution in [0.5, 0.6) is 0 Å². The highest BCUT2D eigenvalue weighted by Gasteiger charge is 2.14. The van der Waals surface area contributed by atoms with E-state index in [9.17, 15) is 0 Å². The maximum absolute atomic E-state index is 2.30. The zero-order chi connectivity index (χ0) is 8.10. The fourth-order valence-electron chi connectivity index (χ4n) is 2.03. The van der Waals surface area contributed by atoms with E-state index in [4.69, 9.17) is 0 Å². The second kappa shape index (κ2) is 4.79. The van der Waals surface area contributed by atoms with E-state index in [0.29, 0.717) is 0 Å². The van der Waals surface area contributed by atoms with Crippen molar-refractivity contribution in [1.82, 2.24) is 0 Å². The van der Waals surface area contributed by atoms with Gasteiger partial charge in [0, 0.05) is 0 Å². The Morgan fingerprint density at radius 2 is 1.27 bits per heavy atom. The molecule has 0 heteroatoms. The summed E-state index contributed by atoms with van der Waals surface area (Å²) >= 11 is 0. The summed E-state index contributed by atoms with van der Waals surface area (Å²) in [6, 6.07) is 0. The van der Waals surface area contributed by atoms with Crippen molar-refractivity contribution in [3.8, 4) is 0 Å². The maximum atomic E-state index is 2.30. The Balaban J connectivity index is 2.26. The van der Waals surface area contributed by atoms with Crippen molar-refractivity contribution in [3.05, 3.63) is 5.92 Å². The van der Waals surface area contributed by atoms with E-state index in [-0.39, 0.29) is 0 Å². The van der Waals surface area contributed by atoms with Crippen LogP contribution in [0.4, 0.5) is 0 Å². The SMILES string of the molecule is C[C](C)C1CCCCCCC1. The van der Waals surface area contributed by atoms with Crippen LogP contribution in [0.1, 0.15) is 58.8 Å². The van der Waals surface area contributed by atoms with Crippen LogP contribution in [0.3, 0.4) is 0 Å². The van der Waals surface area contributed by atoms with Crippen LogP contribution < -0.4 is 0 Å². The van der Waals surface area contributed by atoms with Crippen molar-refractivity contribution in [2.24, 2.45) is 5.92 Å². The molecule has 1 saturated carbocycles. The summed E-state index contributed by atoms with van der Waals surface area (Å²) in [6.07, 6.45) is 10.3. The van der Waals surface area contributed by atoms with E-state index in [1.807, 2.05) is 0 Å². The smallest absolute Gasteiger partial charge is 0.0272 e. The standard InChI is InChI=1S/C11H21/c1-10(2)11-8-6-4-3-5-7-9-11/h11H,3-9H2,1-2H3. The first-order valence-corrected chi connectivity index (χ1v) is 5.11. The Bertz CT molecular complexity index is 86.2. The molecule has 0 aliphatic heterocycles. The summed E-state index contributed by atoms with van der Waals surface area (Å²) in [5.74, 6) is 2.61. The van der Waals surface area contributed by atoms with Gasteiger partial charge >= 0.3 is 0 Å². The predicted molar refractivity (Wildman–Crippen MR) is 50.4 cm³/mol. The Morgan fingerprint density at radius 1 is 0.818 bits per heavy atom. The van der Waals surface area contributed by atoms with Crippen molar-refractivity contribution in [1.29, 1.82) is 0 Å². The van der Waals surface area contributed by atoms with Crippen LogP contribution in [0.2, 0.25) is 0 Å². The molecule has 0 aromatic heterocycles. The molecule has 0 nitrogen and oxygen atoms in total. The molecular weight excluding hydrogens is 132 g/mol. The minimum atomic E-state index is 0.954. The first-order chi connectivity index (χ1) is 5.30. The summed E-state index contributed by atoms with van der Waals surface area (Å²) in [4.78, 5) is 0. The van der Waals surface area contributed by atoms with Crippen molar-refractivity contribution < 1.29 is 0 Å². The van der Waals surface area contributed by atoms with E-state index in [1.165, 1.54) is 44.9 Å². The largest absolute Gasteiger partial charge is 0.0591 e. The molecule has 0 atom stereocenters. The molecule has 1 radical (unpaired) electrons. The maximum Gasteiger partial charge on any atom is -0.0272 e. The molecule has 0 aromatic carbocycles. The first-order valence-electron chi connectivity index (χ1n) is 5.11. The molecule has 65 valence electrons. The third-order valence-electron chi connectivity index (χ3n) is 2.92. The summed E-state index contributed by atoms with van der Waals surface area (Å²) in [6.45, 7) is 4.60. The van der Waals surface area contributed by atoms with Crippen molar-refractivity contribution in [3.63, 3.8) is 0 Å². The second-order valence-corrected chi connectivity index (χ2v) is 4.12. The molecule has 0 amide bonds. The van der Waals surface area contributed by atoms with Gasteiger partial charge in [-0.05, 0) is 24.7 Å². The van der Waals surface area contributed by atoms with Gasteiger partial charge in [0.15, 0.2) is 0 Å². The van der Waals surface area contributed by atoms with E-state index in [1.54, 1.807) is 5.92 Å². The Kier molecular flexibility index (Phi) is 3.96. The van der Waals surface area contributed by atoms with Crippen molar-refractivity contribution >= 4 is 0 Å². The van der Waals surface area contributed by atoms with Gasteiger partial charge in [0.1, 0.15) is 0 Å². The van der Waals surface area contributed by atoms with Gasteiger partial charge in [0.2, 0.25) is 0 Å². The van der Waals surface area contributed by atoms with Crippen LogP contribution in [0.25, 0.3) is 0 Å². The molecule has 0 saturated heterocycles. The van der Waals surface area contributed by atoms with Crippen molar-refractivity contribution in [2.75, 3.05) is 0 Å². The quantitative estimate of drug-likeness (QED) is 0.535. The molecule has 0 unspecified atom stereocenters. The zero-order valence-corrected chi connectivity index (χ0v) is 8.03. The summed E-state index contributed by atoms with van der Waals surface area (Å²) < 4.78 is 0. The minimum Gasteiger partial charge on any atom is -0.0591 e. The number of hydrogen-bond donors (Lipinski definition) is 0. The number of rotatable bonds is 1. The van der Waals surface area contributed by atoms with E-state index >= 15 is 0 Å². The molecule has 0 N–H and O–H groups in total. The molecule has 0 aromatic rings. The molecule has 1 aliphatic carbocycles. The zero-order valence-electron chi connectivity index (χ0n) is 8.03. The van der Waals surface area contributed by atoms with Gasteiger partial charge in [-0.3, -0.25) is 0 Å². The molecule has 0 heterocycles. The highest BCUT2D eigenvalue weighted by atomic mass is 14.2. The average Bonchev–Trinajstić information content (AvgIpc) is 1.84. The van der Waals surface area contributed by atoms with Gasteiger partial charge in [-0.2, -0.15) is 0 Å². The summed E-state index contributed by atoms with van der Waals surface area (Å²) in [5, 5.41) is 0. The van der Waals surface area contributed by atoms with Gasteiger partial charge in [-0.15, -0.1) is 0 Å². The lowest BCUT2D eigenvalue weighted by atomic mass is 9.84. The lowest BCUT2D eigenvalue weighted by molar-refractivity contribution is 0.391. The third kappa shape index (κ3) is 3.27. The van der Waals surface area contributed by atoms with Crippen LogP contribution in [0, 0.1) is 11.8 Å². The van der Waals surface area contributed by atoms with Crippen LogP contribution in [-0.4, -0.2) is 0 Å². The van der Waals surface area contributed by atoms with E-state index in [0.717, 1.165) is 5.92 Å². The summed E-state index contributed by atoms with van der Waals surface area (Å²) in [5.41, 5.74) is 0. The predicted octanol–water partition coefficient (Wildman–Crippen LogP) is 3.96. The molecular formula is C11H21. The highest BCUT2D eigenvalue weighted by Crippen LogP contribution is 2.28. The van der Waals surface area contributed by atoms with Crippen molar-refractivity contribution in [2.45, 2.75) is 58.8 Å². The molecule has 1 aliphatic rings. The Labute approximate surface area is 71.4 Å². The van der Waals surface area contributed by atoms with Gasteiger partial charge in [0.05, 0.1) is 0 Å². The fraction of sp³-hybridized carbons (Fsp3) is 0.909. The summed E-state index contributed by atoms with van der Waals surface area (Å²) in [7, 11) is 0. The molecule has 1 fully saturated rings.